The standard InChI is InChI=1S/C22H25N3O3S2/c1-15-7-8-16(2)17(13-15)14-20(26)24-9-11-25(12-10-24)22-23-21-18(29-22)5-4-6-19(21)30(3,27)28/h4-8,13H,9-12,14H2,1-3H3. The maximum absolute atomic E-state index is 12.8. The molecule has 158 valence electrons. The highest BCUT2D eigenvalue weighted by Gasteiger charge is 2.24. The molecule has 0 bridgehead atoms. The second-order valence-corrected chi connectivity index (χ2v) is 10.8. The Morgan fingerprint density at radius 2 is 1.83 bits per heavy atom. The highest BCUT2D eigenvalue weighted by molar-refractivity contribution is 7.91. The number of hydrogen-bond acceptors (Lipinski definition) is 6. The summed E-state index contributed by atoms with van der Waals surface area (Å²) in [6.45, 7) is 6.73. The van der Waals surface area contributed by atoms with Crippen LogP contribution < -0.4 is 4.90 Å². The highest BCUT2D eigenvalue weighted by atomic mass is 32.2. The van der Waals surface area contributed by atoms with Gasteiger partial charge in [-0.05, 0) is 37.1 Å². The number of fused-ring (bicyclic) bond motifs is 1. The lowest BCUT2D eigenvalue weighted by molar-refractivity contribution is -0.130. The van der Waals surface area contributed by atoms with E-state index in [9.17, 15) is 13.2 Å². The summed E-state index contributed by atoms with van der Waals surface area (Å²) in [6.07, 6.45) is 1.63. The molecule has 8 heteroatoms. The highest BCUT2D eigenvalue weighted by Crippen LogP contribution is 2.33. The molecule has 1 aliphatic heterocycles. The Balaban J connectivity index is 1.46. The number of rotatable bonds is 4. The first kappa shape index (κ1) is 20.8. The van der Waals surface area contributed by atoms with Crippen LogP contribution in [0.2, 0.25) is 0 Å². The Kier molecular flexibility index (Phi) is 5.55. The Morgan fingerprint density at radius 3 is 2.53 bits per heavy atom. The molecule has 0 aliphatic carbocycles. The topological polar surface area (TPSA) is 70.6 Å². The molecule has 1 saturated heterocycles. The van der Waals surface area contributed by atoms with E-state index in [0.29, 0.717) is 38.1 Å². The van der Waals surface area contributed by atoms with Gasteiger partial charge in [0.15, 0.2) is 15.0 Å². The SMILES string of the molecule is Cc1ccc(C)c(CC(=O)N2CCN(c3nc4c(S(C)(=O)=O)cccc4s3)CC2)c1. The first-order chi connectivity index (χ1) is 14.2. The van der Waals surface area contributed by atoms with Gasteiger partial charge in [0.25, 0.3) is 0 Å². The van der Waals surface area contributed by atoms with Crippen LogP contribution in [0.5, 0.6) is 0 Å². The Bertz CT molecular complexity index is 1210. The van der Waals surface area contributed by atoms with Crippen molar-refractivity contribution in [3.05, 3.63) is 53.1 Å². The van der Waals surface area contributed by atoms with Crippen molar-refractivity contribution in [2.75, 3.05) is 37.3 Å². The third kappa shape index (κ3) is 4.20. The monoisotopic (exact) mass is 443 g/mol. The van der Waals surface area contributed by atoms with Gasteiger partial charge in [0.2, 0.25) is 5.91 Å². The van der Waals surface area contributed by atoms with E-state index < -0.39 is 9.84 Å². The summed E-state index contributed by atoms with van der Waals surface area (Å²) < 4.78 is 25.0. The molecule has 0 spiro atoms. The Morgan fingerprint density at radius 1 is 1.10 bits per heavy atom. The second kappa shape index (κ2) is 8.00. The molecule has 1 aliphatic rings. The molecular weight excluding hydrogens is 418 g/mol. The lowest BCUT2D eigenvalue weighted by atomic mass is 10.0. The van der Waals surface area contributed by atoms with Gasteiger partial charge >= 0.3 is 0 Å². The number of hydrogen-bond donors (Lipinski definition) is 0. The number of sulfone groups is 1. The first-order valence-electron chi connectivity index (χ1n) is 9.91. The summed E-state index contributed by atoms with van der Waals surface area (Å²) >= 11 is 1.50. The van der Waals surface area contributed by atoms with Gasteiger partial charge in [-0.2, -0.15) is 0 Å². The van der Waals surface area contributed by atoms with Crippen LogP contribution in [0.15, 0.2) is 41.3 Å². The van der Waals surface area contributed by atoms with E-state index in [1.54, 1.807) is 12.1 Å². The molecule has 3 aromatic rings. The van der Waals surface area contributed by atoms with Crippen molar-refractivity contribution >= 4 is 42.4 Å². The minimum absolute atomic E-state index is 0.145. The molecule has 0 N–H and O–H groups in total. The Labute approximate surface area is 181 Å². The van der Waals surface area contributed by atoms with E-state index in [-0.39, 0.29) is 10.8 Å². The van der Waals surface area contributed by atoms with Gasteiger partial charge in [-0.15, -0.1) is 0 Å². The van der Waals surface area contributed by atoms with Crippen molar-refractivity contribution in [3.63, 3.8) is 0 Å². The molecule has 30 heavy (non-hydrogen) atoms. The van der Waals surface area contributed by atoms with Crippen LogP contribution in [-0.4, -0.2) is 56.6 Å². The third-order valence-electron chi connectivity index (χ3n) is 5.52. The summed E-state index contributed by atoms with van der Waals surface area (Å²) in [7, 11) is -3.33. The van der Waals surface area contributed by atoms with Gasteiger partial charge in [-0.3, -0.25) is 4.79 Å². The number of carbonyl (C=O) groups excluding carboxylic acids is 1. The van der Waals surface area contributed by atoms with Gasteiger partial charge in [0.05, 0.1) is 16.0 Å². The predicted molar refractivity (Wildman–Crippen MR) is 121 cm³/mol. The lowest BCUT2D eigenvalue weighted by Crippen LogP contribution is -2.49. The van der Waals surface area contributed by atoms with Crippen molar-refractivity contribution in [2.45, 2.75) is 25.2 Å². The van der Waals surface area contributed by atoms with E-state index in [1.165, 1.54) is 17.6 Å². The maximum atomic E-state index is 12.8. The van der Waals surface area contributed by atoms with Gasteiger partial charge < -0.3 is 9.80 Å². The number of aromatic nitrogens is 1. The van der Waals surface area contributed by atoms with Crippen LogP contribution in [0.1, 0.15) is 16.7 Å². The smallest absolute Gasteiger partial charge is 0.227 e. The molecule has 1 fully saturated rings. The van der Waals surface area contributed by atoms with E-state index in [4.69, 9.17) is 0 Å². The molecule has 1 aromatic heterocycles. The molecule has 2 heterocycles. The lowest BCUT2D eigenvalue weighted by Gasteiger charge is -2.34. The summed E-state index contributed by atoms with van der Waals surface area (Å²) in [5.41, 5.74) is 3.93. The number of benzene rings is 2. The fraction of sp³-hybridized carbons (Fsp3) is 0.364. The normalized spacial score (nSPS) is 15.0. The number of piperazine rings is 1. The number of carbonyl (C=O) groups is 1. The van der Waals surface area contributed by atoms with Gasteiger partial charge in [-0.25, -0.2) is 13.4 Å². The van der Waals surface area contributed by atoms with Crippen LogP contribution in [0, 0.1) is 13.8 Å². The number of aryl methyl sites for hydroxylation is 2. The van der Waals surface area contributed by atoms with E-state index in [1.807, 2.05) is 24.8 Å². The van der Waals surface area contributed by atoms with Crippen molar-refractivity contribution < 1.29 is 13.2 Å². The molecule has 2 aromatic carbocycles. The predicted octanol–water partition coefficient (Wildman–Crippen LogP) is 3.21. The fourth-order valence-electron chi connectivity index (χ4n) is 3.76. The van der Waals surface area contributed by atoms with Crippen molar-refractivity contribution in [3.8, 4) is 0 Å². The summed E-state index contributed by atoms with van der Waals surface area (Å²) in [5.74, 6) is 0.145. The first-order valence-corrected chi connectivity index (χ1v) is 12.6. The average molecular weight is 444 g/mol. The number of amides is 1. The van der Waals surface area contributed by atoms with E-state index >= 15 is 0 Å². The van der Waals surface area contributed by atoms with Crippen LogP contribution in [0.25, 0.3) is 10.2 Å². The third-order valence-corrected chi connectivity index (χ3v) is 7.73. The van der Waals surface area contributed by atoms with Crippen LogP contribution in [0.4, 0.5) is 5.13 Å². The van der Waals surface area contributed by atoms with E-state index in [2.05, 4.69) is 28.1 Å². The van der Waals surface area contributed by atoms with Crippen LogP contribution in [-0.2, 0) is 21.1 Å². The largest absolute Gasteiger partial charge is 0.345 e. The van der Waals surface area contributed by atoms with Crippen molar-refractivity contribution in [1.29, 1.82) is 0 Å². The zero-order chi connectivity index (χ0) is 21.5. The zero-order valence-electron chi connectivity index (χ0n) is 17.4. The molecule has 0 saturated carbocycles. The summed E-state index contributed by atoms with van der Waals surface area (Å²) in [4.78, 5) is 21.7. The minimum atomic E-state index is -3.33. The van der Waals surface area contributed by atoms with E-state index in [0.717, 1.165) is 26.5 Å². The van der Waals surface area contributed by atoms with Crippen molar-refractivity contribution in [1.82, 2.24) is 9.88 Å². The maximum Gasteiger partial charge on any atom is 0.227 e. The van der Waals surface area contributed by atoms with Crippen LogP contribution in [0.3, 0.4) is 0 Å². The summed E-state index contributed by atoms with van der Waals surface area (Å²) in [5, 5.41) is 0.808. The number of anilines is 1. The molecule has 0 radical (unpaired) electrons. The molecule has 6 nitrogen and oxygen atoms in total. The molecule has 4 rings (SSSR count). The number of thiazole rings is 1. The Hall–Kier alpha value is -2.45. The molecule has 0 unspecified atom stereocenters. The summed E-state index contributed by atoms with van der Waals surface area (Å²) in [6, 6.07) is 11.5. The van der Waals surface area contributed by atoms with Crippen LogP contribution >= 0.6 is 11.3 Å². The van der Waals surface area contributed by atoms with Gasteiger partial charge in [0.1, 0.15) is 5.52 Å². The molecule has 1 amide bonds. The quantitative estimate of drug-likeness (QED) is 0.619. The number of para-hydroxylation sites is 1. The van der Waals surface area contributed by atoms with Gasteiger partial charge in [-0.1, -0.05) is 41.2 Å². The molecular formula is C22H25N3O3S2. The second-order valence-electron chi connectivity index (χ2n) is 7.85. The zero-order valence-corrected chi connectivity index (χ0v) is 19.0. The molecule has 0 atom stereocenters. The average Bonchev–Trinajstić information content (AvgIpc) is 3.14. The van der Waals surface area contributed by atoms with Gasteiger partial charge in [0, 0.05) is 32.4 Å². The van der Waals surface area contributed by atoms with Crippen molar-refractivity contribution in [2.24, 2.45) is 0 Å². The minimum Gasteiger partial charge on any atom is -0.345 e. The number of nitrogens with zero attached hydrogens (tertiary/aromatic N) is 3. The fourth-order valence-corrected chi connectivity index (χ4v) is 5.70.